The Morgan fingerprint density at radius 1 is 0.958 bits per heavy atom. The average Bonchev–Trinajstić information content (AvgIpc) is 3.01. The fraction of sp³-hybridized carbons (Fsp3) is 0.735. The molecule has 14 nitrogen and oxygen atoms in total. The fourth-order valence-corrected chi connectivity index (χ4v) is 5.17. The Labute approximate surface area is 285 Å². The summed E-state index contributed by atoms with van der Waals surface area (Å²) < 4.78 is 16.6. The molecule has 0 spiro atoms. The molecule has 0 saturated carbocycles. The zero-order chi connectivity index (χ0) is 36.4. The van der Waals surface area contributed by atoms with Gasteiger partial charge in [-0.05, 0) is 75.0 Å². The van der Waals surface area contributed by atoms with Gasteiger partial charge in [0.2, 0.25) is 17.7 Å². The van der Waals surface area contributed by atoms with Crippen LogP contribution < -0.4 is 25.8 Å². The van der Waals surface area contributed by atoms with E-state index in [1.54, 1.807) is 28.1 Å². The molecule has 0 aliphatic carbocycles. The lowest BCUT2D eigenvalue weighted by Gasteiger charge is -2.33. The smallest absolute Gasteiger partial charge is 0.224 e. The Bertz CT molecular complexity index is 1120. The van der Waals surface area contributed by atoms with Crippen LogP contribution in [0.3, 0.4) is 0 Å². The minimum absolute atomic E-state index is 0.0158. The highest BCUT2D eigenvalue weighted by atomic mass is 17.1. The summed E-state index contributed by atoms with van der Waals surface area (Å²) in [6, 6.07) is 5.08. The maximum atomic E-state index is 13.3. The molecule has 4 unspecified atom stereocenters. The molecule has 0 aliphatic heterocycles. The minimum Gasteiger partial charge on any atom is -0.493 e. The van der Waals surface area contributed by atoms with Gasteiger partial charge in [0.25, 0.3) is 0 Å². The molecule has 3 amide bonds. The van der Waals surface area contributed by atoms with Gasteiger partial charge in [0, 0.05) is 39.0 Å². The SMILES string of the molecule is COCCCOc1cc(CC(CC(NC(=O)CCCON(O)O)C(O)CC(C(=O)NCC(C)(C)C(N)=O)C(C)C)C(C)C)ccc1OC. The molecule has 48 heavy (non-hydrogen) atoms. The number of primary amides is 1. The number of methoxy groups -OCH3 is 2. The van der Waals surface area contributed by atoms with Gasteiger partial charge in [-0.3, -0.25) is 29.6 Å². The van der Waals surface area contributed by atoms with Crippen LogP contribution in [0, 0.1) is 29.1 Å². The Morgan fingerprint density at radius 3 is 2.21 bits per heavy atom. The maximum absolute atomic E-state index is 13.3. The molecule has 0 aromatic heterocycles. The van der Waals surface area contributed by atoms with Crippen molar-refractivity contribution in [2.75, 3.05) is 40.6 Å². The van der Waals surface area contributed by atoms with E-state index in [0.29, 0.717) is 37.6 Å². The number of nitrogens with two attached hydrogens (primary N) is 1. The second kappa shape index (κ2) is 21.9. The monoisotopic (exact) mass is 684 g/mol. The van der Waals surface area contributed by atoms with Crippen LogP contribution in [0.5, 0.6) is 11.5 Å². The van der Waals surface area contributed by atoms with E-state index in [1.165, 1.54) is 0 Å². The van der Waals surface area contributed by atoms with E-state index in [1.807, 2.05) is 32.0 Å². The van der Waals surface area contributed by atoms with Crippen LogP contribution in [0.15, 0.2) is 18.2 Å². The second-order valence-corrected chi connectivity index (χ2v) is 13.6. The Morgan fingerprint density at radius 2 is 1.65 bits per heavy atom. The summed E-state index contributed by atoms with van der Waals surface area (Å²) in [4.78, 5) is 42.6. The van der Waals surface area contributed by atoms with E-state index < -0.39 is 34.8 Å². The van der Waals surface area contributed by atoms with Crippen molar-refractivity contribution in [3.05, 3.63) is 23.8 Å². The van der Waals surface area contributed by atoms with Crippen molar-refractivity contribution in [2.24, 2.45) is 34.8 Å². The number of nitrogens with one attached hydrogen (secondary N) is 2. The highest BCUT2D eigenvalue weighted by Crippen LogP contribution is 2.32. The molecule has 0 saturated heterocycles. The number of carbonyl (C=O) groups excluding carboxylic acids is 3. The molecule has 0 radical (unpaired) electrons. The van der Waals surface area contributed by atoms with Crippen molar-refractivity contribution in [2.45, 2.75) is 92.2 Å². The zero-order valence-electron chi connectivity index (χ0n) is 30.0. The summed E-state index contributed by atoms with van der Waals surface area (Å²) >= 11 is 0. The number of aliphatic hydroxyl groups excluding tert-OH is 1. The number of hydrogen-bond acceptors (Lipinski definition) is 11. The fourth-order valence-electron chi connectivity index (χ4n) is 5.17. The molecule has 4 atom stereocenters. The summed E-state index contributed by atoms with van der Waals surface area (Å²) in [5.41, 5.74) is 5.53. The Balaban J connectivity index is 3.23. The topological polar surface area (TPSA) is 202 Å². The number of nitrogens with zero attached hydrogens (tertiary/aromatic N) is 1. The highest BCUT2D eigenvalue weighted by Gasteiger charge is 2.33. The molecule has 1 aromatic carbocycles. The third kappa shape index (κ3) is 15.9. The molecule has 1 rings (SSSR count). The van der Waals surface area contributed by atoms with Crippen molar-refractivity contribution in [3.63, 3.8) is 0 Å². The first-order chi connectivity index (χ1) is 22.5. The molecule has 0 heterocycles. The lowest BCUT2D eigenvalue weighted by atomic mass is 9.80. The van der Waals surface area contributed by atoms with Crippen molar-refractivity contribution >= 4 is 17.7 Å². The van der Waals surface area contributed by atoms with Gasteiger partial charge in [-0.2, -0.15) is 0 Å². The summed E-state index contributed by atoms with van der Waals surface area (Å²) in [5, 5.41) is 34.5. The number of aliphatic hydroxyl groups is 1. The molecule has 0 aliphatic rings. The quantitative estimate of drug-likeness (QED) is 0.0652. The van der Waals surface area contributed by atoms with Crippen molar-refractivity contribution in [3.8, 4) is 11.5 Å². The van der Waals surface area contributed by atoms with Gasteiger partial charge in [0.05, 0.1) is 43.3 Å². The van der Waals surface area contributed by atoms with Gasteiger partial charge in [0.15, 0.2) is 11.5 Å². The van der Waals surface area contributed by atoms with Gasteiger partial charge in [-0.25, -0.2) is 0 Å². The van der Waals surface area contributed by atoms with Gasteiger partial charge < -0.3 is 35.7 Å². The van der Waals surface area contributed by atoms with E-state index in [0.717, 1.165) is 12.0 Å². The molecule has 276 valence electrons. The van der Waals surface area contributed by atoms with Crippen LogP contribution in [0.1, 0.15) is 79.2 Å². The first-order valence-electron chi connectivity index (χ1n) is 16.7. The average molecular weight is 685 g/mol. The highest BCUT2D eigenvalue weighted by molar-refractivity contribution is 5.83. The van der Waals surface area contributed by atoms with Crippen molar-refractivity contribution < 1.29 is 49.0 Å². The van der Waals surface area contributed by atoms with E-state index >= 15 is 0 Å². The number of ether oxygens (including phenoxy) is 3. The summed E-state index contributed by atoms with van der Waals surface area (Å²) in [6.45, 7) is 12.2. The van der Waals surface area contributed by atoms with Gasteiger partial charge >= 0.3 is 0 Å². The molecule has 7 N–H and O–H groups in total. The van der Waals surface area contributed by atoms with Crippen LogP contribution in [0.2, 0.25) is 0 Å². The van der Waals surface area contributed by atoms with E-state index in [-0.39, 0.29) is 62.0 Å². The van der Waals surface area contributed by atoms with Gasteiger partial charge in [-0.1, -0.05) is 33.8 Å². The van der Waals surface area contributed by atoms with E-state index in [4.69, 9.17) is 30.4 Å². The first kappa shape index (κ1) is 43.0. The van der Waals surface area contributed by atoms with Crippen LogP contribution >= 0.6 is 0 Å². The Hall–Kier alpha value is -3.01. The Kier molecular flexibility index (Phi) is 19.6. The van der Waals surface area contributed by atoms with Gasteiger partial charge in [0.1, 0.15) is 0 Å². The van der Waals surface area contributed by atoms with Crippen molar-refractivity contribution in [1.82, 2.24) is 16.0 Å². The van der Waals surface area contributed by atoms with Crippen LogP contribution in [0.25, 0.3) is 0 Å². The second-order valence-electron chi connectivity index (χ2n) is 13.6. The van der Waals surface area contributed by atoms with E-state index in [2.05, 4.69) is 29.3 Å². The van der Waals surface area contributed by atoms with E-state index in [9.17, 15) is 19.5 Å². The number of benzene rings is 1. The first-order valence-corrected chi connectivity index (χ1v) is 16.7. The van der Waals surface area contributed by atoms with Crippen LogP contribution in [-0.4, -0.2) is 91.4 Å². The summed E-state index contributed by atoms with van der Waals surface area (Å²) in [5.74, 6) is -0.529. The largest absolute Gasteiger partial charge is 0.493 e. The summed E-state index contributed by atoms with van der Waals surface area (Å²) in [6.07, 6.45) is 0.982. The predicted molar refractivity (Wildman–Crippen MR) is 179 cm³/mol. The molecule has 14 heteroatoms. The number of carbonyl (C=O) groups is 3. The standard InChI is InChI=1S/C34H60N4O10/c1-22(2)25(17-24-12-13-29(46-8)30(18-24)47-15-10-14-45-7)19-27(37-31(40)11-9-16-48-38(43)44)28(39)20-26(23(3)4)32(41)36-21-34(5,6)33(35)42/h12-13,18,22-23,25-28,39,43-44H,9-11,14-17,19-21H2,1-8H3,(H2,35,42)(H,36,41)(H,37,40). The van der Waals surface area contributed by atoms with Crippen LogP contribution in [-0.2, 0) is 30.4 Å². The van der Waals surface area contributed by atoms with Gasteiger partial charge in [-0.15, -0.1) is 0 Å². The zero-order valence-corrected chi connectivity index (χ0v) is 30.0. The third-order valence-electron chi connectivity index (χ3n) is 8.55. The maximum Gasteiger partial charge on any atom is 0.224 e. The van der Waals surface area contributed by atoms with Crippen LogP contribution in [0.4, 0.5) is 0 Å². The molecule has 0 fully saturated rings. The number of hydrogen-bond donors (Lipinski definition) is 6. The molecule has 0 bridgehead atoms. The lowest BCUT2D eigenvalue weighted by Crippen LogP contribution is -2.49. The molecular formula is C34H60N4O10. The lowest BCUT2D eigenvalue weighted by molar-refractivity contribution is -0.492. The minimum atomic E-state index is -1.07. The third-order valence-corrected chi connectivity index (χ3v) is 8.55. The van der Waals surface area contributed by atoms with Crippen molar-refractivity contribution in [1.29, 1.82) is 0 Å². The number of rotatable bonds is 25. The predicted octanol–water partition coefficient (Wildman–Crippen LogP) is 3.24. The molecular weight excluding hydrogens is 624 g/mol. The number of amides is 3. The summed E-state index contributed by atoms with van der Waals surface area (Å²) in [7, 11) is 3.22. The molecule has 1 aromatic rings. The normalized spacial score (nSPS) is 14.5.